The van der Waals surface area contributed by atoms with E-state index in [1.165, 1.54) is 68.6 Å². The Hall–Kier alpha value is -2.33. The van der Waals surface area contributed by atoms with Gasteiger partial charge in [-0.05, 0) is 88.0 Å². The van der Waals surface area contributed by atoms with Crippen LogP contribution in [0, 0.1) is 0 Å². The zero-order valence-corrected chi connectivity index (χ0v) is 19.8. The normalized spacial score (nSPS) is 15.2. The van der Waals surface area contributed by atoms with Gasteiger partial charge in [-0.2, -0.15) is 0 Å². The molecule has 172 valence electrons. The Kier molecular flexibility index (Phi) is 8.61. The second-order valence-electron chi connectivity index (χ2n) is 9.08. The number of benzene rings is 2. The molecular weight excluding hydrogens is 394 g/mol. The molecule has 0 atom stereocenters. The van der Waals surface area contributed by atoms with Gasteiger partial charge in [0.2, 0.25) is 0 Å². The van der Waals surface area contributed by atoms with Crippen LogP contribution in [0.3, 0.4) is 0 Å². The van der Waals surface area contributed by atoms with Crippen molar-refractivity contribution < 1.29 is 4.74 Å². The fourth-order valence-electron chi connectivity index (χ4n) is 4.77. The molecule has 0 unspecified atom stereocenters. The predicted octanol–water partition coefficient (Wildman–Crippen LogP) is 6.27. The summed E-state index contributed by atoms with van der Waals surface area (Å²) in [5.74, 6) is 2.22. The van der Waals surface area contributed by atoms with Gasteiger partial charge in [-0.1, -0.05) is 44.0 Å². The third-order valence-corrected chi connectivity index (χ3v) is 6.68. The van der Waals surface area contributed by atoms with E-state index >= 15 is 0 Å². The summed E-state index contributed by atoms with van der Waals surface area (Å²) in [6, 6.07) is 17.1. The molecule has 0 aliphatic carbocycles. The Morgan fingerprint density at radius 1 is 0.844 bits per heavy atom. The van der Waals surface area contributed by atoms with Crippen LogP contribution in [0.2, 0.25) is 0 Å². The number of fused-ring (bicyclic) bond motifs is 1. The molecule has 2 aromatic carbocycles. The van der Waals surface area contributed by atoms with Crippen LogP contribution in [0.25, 0.3) is 11.0 Å². The molecule has 0 amide bonds. The zero-order valence-electron chi connectivity index (χ0n) is 19.8. The summed E-state index contributed by atoms with van der Waals surface area (Å²) in [6.45, 7) is 7.71. The molecule has 1 aliphatic rings. The van der Waals surface area contributed by atoms with Crippen molar-refractivity contribution in [1.82, 2.24) is 14.5 Å². The molecule has 0 spiro atoms. The summed E-state index contributed by atoms with van der Waals surface area (Å²) in [7, 11) is 0. The number of rotatable bonds is 11. The van der Waals surface area contributed by atoms with Crippen molar-refractivity contribution >= 4 is 11.0 Å². The Bertz CT molecular complexity index is 939. The highest BCUT2D eigenvalue weighted by molar-refractivity contribution is 5.75. The number of hydrogen-bond donors (Lipinski definition) is 0. The number of nitrogens with zero attached hydrogens (tertiary/aromatic N) is 3. The van der Waals surface area contributed by atoms with E-state index in [2.05, 4.69) is 64.9 Å². The lowest BCUT2D eigenvalue weighted by Gasteiger charge is -2.19. The van der Waals surface area contributed by atoms with Crippen LogP contribution < -0.4 is 4.74 Å². The number of para-hydroxylation sites is 2. The van der Waals surface area contributed by atoms with E-state index in [1.54, 1.807) is 0 Å². The van der Waals surface area contributed by atoms with Crippen LogP contribution >= 0.6 is 0 Å². The van der Waals surface area contributed by atoms with Gasteiger partial charge in [0.15, 0.2) is 0 Å². The first-order chi connectivity index (χ1) is 15.8. The molecule has 1 saturated heterocycles. The van der Waals surface area contributed by atoms with Crippen molar-refractivity contribution in [3.63, 3.8) is 0 Å². The first-order valence-electron chi connectivity index (χ1n) is 12.7. The van der Waals surface area contributed by atoms with Crippen molar-refractivity contribution in [2.75, 3.05) is 26.2 Å². The van der Waals surface area contributed by atoms with Crippen LogP contribution in [0.15, 0.2) is 48.5 Å². The number of unbranched alkanes of at least 4 members (excludes halogenated alkanes) is 1. The highest BCUT2D eigenvalue weighted by Gasteiger charge is 2.12. The third-order valence-electron chi connectivity index (χ3n) is 6.68. The maximum atomic E-state index is 5.95. The number of likely N-dealkylation sites (tertiary alicyclic amines) is 1. The number of aryl methyl sites for hydroxylation is 3. The number of ether oxygens (including phenoxy) is 1. The smallest absolute Gasteiger partial charge is 0.119 e. The van der Waals surface area contributed by atoms with Gasteiger partial charge < -0.3 is 14.2 Å². The highest BCUT2D eigenvalue weighted by atomic mass is 16.5. The fourth-order valence-corrected chi connectivity index (χ4v) is 4.77. The summed E-state index contributed by atoms with van der Waals surface area (Å²) in [5.41, 5.74) is 3.76. The molecule has 1 aliphatic heterocycles. The Morgan fingerprint density at radius 3 is 2.41 bits per heavy atom. The van der Waals surface area contributed by atoms with Gasteiger partial charge in [-0.15, -0.1) is 0 Å². The van der Waals surface area contributed by atoms with Crippen LogP contribution in [-0.2, 0) is 19.4 Å². The maximum absolute atomic E-state index is 5.95. The average Bonchev–Trinajstić information content (AvgIpc) is 2.98. The number of imidazole rings is 1. The van der Waals surface area contributed by atoms with Crippen LogP contribution in [-0.4, -0.2) is 40.7 Å². The van der Waals surface area contributed by atoms with Crippen molar-refractivity contribution in [3.05, 3.63) is 59.9 Å². The number of hydrogen-bond acceptors (Lipinski definition) is 3. The molecule has 1 fully saturated rings. The van der Waals surface area contributed by atoms with E-state index < -0.39 is 0 Å². The molecule has 0 N–H and O–H groups in total. The molecule has 4 rings (SSSR count). The molecule has 2 heterocycles. The van der Waals surface area contributed by atoms with Crippen LogP contribution in [0.4, 0.5) is 0 Å². The Morgan fingerprint density at radius 2 is 1.62 bits per heavy atom. The molecule has 0 bridgehead atoms. The topological polar surface area (TPSA) is 30.3 Å². The molecule has 4 nitrogen and oxygen atoms in total. The first-order valence-corrected chi connectivity index (χ1v) is 12.7. The minimum atomic E-state index is 0.766. The van der Waals surface area contributed by atoms with Gasteiger partial charge in [-0.25, -0.2) is 4.98 Å². The Balaban J connectivity index is 1.28. The van der Waals surface area contributed by atoms with Crippen molar-refractivity contribution in [1.29, 1.82) is 0 Å². The molecule has 0 radical (unpaired) electrons. The molecular formula is C28H39N3O. The van der Waals surface area contributed by atoms with Gasteiger partial charge in [0.1, 0.15) is 11.6 Å². The second-order valence-corrected chi connectivity index (χ2v) is 9.08. The van der Waals surface area contributed by atoms with Gasteiger partial charge in [0.05, 0.1) is 17.6 Å². The summed E-state index contributed by atoms with van der Waals surface area (Å²) in [4.78, 5) is 7.65. The van der Waals surface area contributed by atoms with Crippen molar-refractivity contribution in [2.24, 2.45) is 0 Å². The average molecular weight is 434 g/mol. The van der Waals surface area contributed by atoms with E-state index in [1.807, 2.05) is 0 Å². The SMILES string of the molecule is CCc1ccc(OCCCCn2c(CCCN3CCCCCC3)nc3ccccc32)cc1. The monoisotopic (exact) mass is 433 g/mol. The molecule has 1 aromatic heterocycles. The molecule has 0 saturated carbocycles. The van der Waals surface area contributed by atoms with E-state index in [4.69, 9.17) is 9.72 Å². The summed E-state index contributed by atoms with van der Waals surface area (Å²) in [6.07, 6.45) is 11.0. The fraction of sp³-hybridized carbons (Fsp3) is 0.536. The first kappa shape index (κ1) is 22.8. The lowest BCUT2D eigenvalue weighted by Crippen LogP contribution is -2.26. The van der Waals surface area contributed by atoms with E-state index in [-0.39, 0.29) is 0 Å². The van der Waals surface area contributed by atoms with E-state index in [0.29, 0.717) is 0 Å². The molecule has 3 aromatic rings. The largest absolute Gasteiger partial charge is 0.494 e. The minimum Gasteiger partial charge on any atom is -0.494 e. The lowest BCUT2D eigenvalue weighted by atomic mass is 10.2. The minimum absolute atomic E-state index is 0.766. The quantitative estimate of drug-likeness (QED) is 0.334. The summed E-state index contributed by atoms with van der Waals surface area (Å²) >= 11 is 0. The van der Waals surface area contributed by atoms with Gasteiger partial charge in [-0.3, -0.25) is 0 Å². The van der Waals surface area contributed by atoms with Gasteiger partial charge in [0.25, 0.3) is 0 Å². The van der Waals surface area contributed by atoms with E-state index in [9.17, 15) is 0 Å². The van der Waals surface area contributed by atoms with Gasteiger partial charge >= 0.3 is 0 Å². The third kappa shape index (κ3) is 6.35. The van der Waals surface area contributed by atoms with E-state index in [0.717, 1.165) is 50.1 Å². The summed E-state index contributed by atoms with van der Waals surface area (Å²) < 4.78 is 8.41. The number of aromatic nitrogens is 2. The van der Waals surface area contributed by atoms with Crippen LogP contribution in [0.1, 0.15) is 63.3 Å². The van der Waals surface area contributed by atoms with Crippen LogP contribution in [0.5, 0.6) is 5.75 Å². The zero-order chi connectivity index (χ0) is 22.0. The highest BCUT2D eigenvalue weighted by Crippen LogP contribution is 2.19. The predicted molar refractivity (Wildman–Crippen MR) is 134 cm³/mol. The van der Waals surface area contributed by atoms with Crippen molar-refractivity contribution in [3.8, 4) is 5.75 Å². The summed E-state index contributed by atoms with van der Waals surface area (Å²) in [5, 5.41) is 0. The standard InChI is InChI=1S/C28H39N3O/c1-2-24-15-17-25(18-16-24)32-23-10-9-22-31-27-13-6-5-12-26(27)29-28(31)14-11-21-30-19-7-3-4-8-20-30/h5-6,12-13,15-18H,2-4,7-11,14,19-23H2,1H3. The Labute approximate surface area is 193 Å². The molecule has 32 heavy (non-hydrogen) atoms. The maximum Gasteiger partial charge on any atom is 0.119 e. The lowest BCUT2D eigenvalue weighted by molar-refractivity contribution is 0.280. The molecule has 4 heteroatoms. The second kappa shape index (κ2) is 12.1. The van der Waals surface area contributed by atoms with Gasteiger partial charge in [0, 0.05) is 13.0 Å². The van der Waals surface area contributed by atoms with Crippen molar-refractivity contribution in [2.45, 2.75) is 71.3 Å².